The third-order valence-corrected chi connectivity index (χ3v) is 4.37. The van der Waals surface area contributed by atoms with Crippen LogP contribution in [0.1, 0.15) is 54.4 Å². The van der Waals surface area contributed by atoms with E-state index >= 15 is 0 Å². The molecule has 1 aliphatic heterocycles. The van der Waals surface area contributed by atoms with E-state index in [-0.39, 0.29) is 11.2 Å². The highest BCUT2D eigenvalue weighted by molar-refractivity contribution is 5.06. The van der Waals surface area contributed by atoms with Gasteiger partial charge in [0.25, 0.3) is 0 Å². The molecule has 0 aliphatic carbocycles. The predicted octanol–water partition coefficient (Wildman–Crippen LogP) is 3.64. The van der Waals surface area contributed by atoms with E-state index in [1.54, 1.807) is 0 Å². The number of hydrogen-bond acceptors (Lipinski definition) is 2. The zero-order valence-corrected chi connectivity index (χ0v) is 11.8. The first-order valence-electron chi connectivity index (χ1n) is 6.74. The zero-order chi connectivity index (χ0) is 12.4. The van der Waals surface area contributed by atoms with Crippen LogP contribution >= 0.6 is 0 Å². The SMILES string of the molecule is CCC1(CC)OCCOC1(C(C)C)C(C)C. The molecule has 0 unspecified atom stereocenters. The largest absolute Gasteiger partial charge is 0.370 e. The maximum absolute atomic E-state index is 6.26. The van der Waals surface area contributed by atoms with Gasteiger partial charge in [0.1, 0.15) is 5.60 Å². The van der Waals surface area contributed by atoms with E-state index in [4.69, 9.17) is 9.47 Å². The van der Waals surface area contributed by atoms with Gasteiger partial charge in [-0.1, -0.05) is 41.5 Å². The van der Waals surface area contributed by atoms with Crippen molar-refractivity contribution in [1.29, 1.82) is 0 Å². The third kappa shape index (κ3) is 1.80. The van der Waals surface area contributed by atoms with Crippen LogP contribution in [0.2, 0.25) is 0 Å². The molecule has 0 atom stereocenters. The molecule has 2 nitrogen and oxygen atoms in total. The van der Waals surface area contributed by atoms with Gasteiger partial charge in [-0.15, -0.1) is 0 Å². The quantitative estimate of drug-likeness (QED) is 0.731. The highest BCUT2D eigenvalue weighted by Gasteiger charge is 2.56. The van der Waals surface area contributed by atoms with Gasteiger partial charge >= 0.3 is 0 Å². The molecule has 0 aromatic heterocycles. The average Bonchev–Trinajstić information content (AvgIpc) is 2.27. The van der Waals surface area contributed by atoms with E-state index in [0.717, 1.165) is 26.1 Å². The Morgan fingerprint density at radius 3 is 1.62 bits per heavy atom. The lowest BCUT2D eigenvalue weighted by atomic mass is 9.65. The minimum atomic E-state index is -0.130. The van der Waals surface area contributed by atoms with Gasteiger partial charge in [0.2, 0.25) is 0 Å². The summed E-state index contributed by atoms with van der Waals surface area (Å²) in [6, 6.07) is 0. The second-order valence-electron chi connectivity index (χ2n) is 5.50. The molecule has 16 heavy (non-hydrogen) atoms. The summed E-state index contributed by atoms with van der Waals surface area (Å²) in [5.41, 5.74) is -0.234. The Kier molecular flexibility index (Phi) is 4.42. The number of hydrogen-bond donors (Lipinski definition) is 0. The Hall–Kier alpha value is -0.0800. The van der Waals surface area contributed by atoms with Crippen molar-refractivity contribution >= 4 is 0 Å². The van der Waals surface area contributed by atoms with Crippen molar-refractivity contribution in [3.8, 4) is 0 Å². The smallest absolute Gasteiger partial charge is 0.102 e. The van der Waals surface area contributed by atoms with Crippen LogP contribution in [0.25, 0.3) is 0 Å². The molecule has 0 radical (unpaired) electrons. The Morgan fingerprint density at radius 1 is 0.875 bits per heavy atom. The van der Waals surface area contributed by atoms with Gasteiger partial charge in [0.05, 0.1) is 18.8 Å². The highest BCUT2D eigenvalue weighted by Crippen LogP contribution is 2.48. The van der Waals surface area contributed by atoms with Gasteiger partial charge < -0.3 is 9.47 Å². The predicted molar refractivity (Wildman–Crippen MR) is 67.6 cm³/mol. The minimum absolute atomic E-state index is 0.104. The van der Waals surface area contributed by atoms with E-state index in [2.05, 4.69) is 41.5 Å². The Labute approximate surface area is 101 Å². The van der Waals surface area contributed by atoms with Crippen LogP contribution in [0, 0.1) is 11.8 Å². The molecule has 1 fully saturated rings. The fourth-order valence-corrected chi connectivity index (χ4v) is 3.75. The van der Waals surface area contributed by atoms with Crippen molar-refractivity contribution in [1.82, 2.24) is 0 Å². The normalized spacial score (nSPS) is 24.0. The van der Waals surface area contributed by atoms with Crippen LogP contribution in [-0.2, 0) is 9.47 Å². The van der Waals surface area contributed by atoms with Crippen LogP contribution in [-0.4, -0.2) is 24.4 Å². The fraction of sp³-hybridized carbons (Fsp3) is 1.00. The molecule has 0 aromatic rings. The molecule has 1 rings (SSSR count). The summed E-state index contributed by atoms with van der Waals surface area (Å²) in [7, 11) is 0. The topological polar surface area (TPSA) is 18.5 Å². The molecule has 96 valence electrons. The lowest BCUT2D eigenvalue weighted by molar-refractivity contribution is -0.295. The van der Waals surface area contributed by atoms with Crippen LogP contribution in [0.4, 0.5) is 0 Å². The van der Waals surface area contributed by atoms with Crippen molar-refractivity contribution in [3.05, 3.63) is 0 Å². The summed E-state index contributed by atoms with van der Waals surface area (Å²) in [6.45, 7) is 14.9. The highest BCUT2D eigenvalue weighted by atomic mass is 16.6. The van der Waals surface area contributed by atoms with Gasteiger partial charge in [-0.05, 0) is 24.7 Å². The minimum Gasteiger partial charge on any atom is -0.370 e. The molecular weight excluding hydrogens is 200 g/mol. The molecule has 1 heterocycles. The summed E-state index contributed by atoms with van der Waals surface area (Å²) < 4.78 is 12.4. The maximum atomic E-state index is 6.26. The van der Waals surface area contributed by atoms with E-state index in [1.807, 2.05) is 0 Å². The second-order valence-corrected chi connectivity index (χ2v) is 5.50. The van der Waals surface area contributed by atoms with Crippen molar-refractivity contribution in [2.75, 3.05) is 13.2 Å². The van der Waals surface area contributed by atoms with Gasteiger partial charge in [-0.2, -0.15) is 0 Å². The summed E-state index contributed by atoms with van der Waals surface area (Å²) in [4.78, 5) is 0. The van der Waals surface area contributed by atoms with Crippen LogP contribution in [0.15, 0.2) is 0 Å². The van der Waals surface area contributed by atoms with Crippen molar-refractivity contribution < 1.29 is 9.47 Å². The summed E-state index contributed by atoms with van der Waals surface area (Å²) in [6.07, 6.45) is 2.06. The standard InChI is InChI=1S/C14H28O2/c1-7-13(8-2)14(11(3)4,12(5)6)16-10-9-15-13/h11-12H,7-10H2,1-6H3. The van der Waals surface area contributed by atoms with Crippen LogP contribution in [0.5, 0.6) is 0 Å². The first-order valence-corrected chi connectivity index (χ1v) is 6.74. The summed E-state index contributed by atoms with van der Waals surface area (Å²) in [5, 5.41) is 0. The third-order valence-electron chi connectivity index (χ3n) is 4.37. The molecule has 1 aliphatic rings. The maximum Gasteiger partial charge on any atom is 0.102 e. The lowest BCUT2D eigenvalue weighted by Crippen LogP contribution is -2.66. The van der Waals surface area contributed by atoms with E-state index in [1.165, 1.54) is 0 Å². The molecule has 2 heteroatoms. The van der Waals surface area contributed by atoms with Crippen molar-refractivity contribution in [3.63, 3.8) is 0 Å². The molecule has 0 saturated carbocycles. The molecule has 0 spiro atoms. The van der Waals surface area contributed by atoms with Crippen LogP contribution < -0.4 is 0 Å². The summed E-state index contributed by atoms with van der Waals surface area (Å²) in [5.74, 6) is 0.959. The molecule has 0 amide bonds. The lowest BCUT2D eigenvalue weighted by Gasteiger charge is -2.57. The molecule has 0 aromatic carbocycles. The number of rotatable bonds is 4. The molecular formula is C14H28O2. The molecule has 0 N–H and O–H groups in total. The van der Waals surface area contributed by atoms with Crippen molar-refractivity contribution in [2.24, 2.45) is 11.8 Å². The van der Waals surface area contributed by atoms with E-state index in [0.29, 0.717) is 11.8 Å². The Bertz CT molecular complexity index is 209. The average molecular weight is 228 g/mol. The van der Waals surface area contributed by atoms with Crippen molar-refractivity contribution in [2.45, 2.75) is 65.6 Å². The Morgan fingerprint density at radius 2 is 1.31 bits per heavy atom. The zero-order valence-electron chi connectivity index (χ0n) is 11.8. The van der Waals surface area contributed by atoms with Crippen LogP contribution in [0.3, 0.4) is 0 Å². The van der Waals surface area contributed by atoms with Gasteiger partial charge in [-0.3, -0.25) is 0 Å². The number of ether oxygens (including phenoxy) is 2. The fourth-order valence-electron chi connectivity index (χ4n) is 3.75. The van der Waals surface area contributed by atoms with E-state index < -0.39 is 0 Å². The van der Waals surface area contributed by atoms with Gasteiger partial charge in [0, 0.05) is 0 Å². The van der Waals surface area contributed by atoms with E-state index in [9.17, 15) is 0 Å². The first-order chi connectivity index (χ1) is 7.47. The molecule has 0 bridgehead atoms. The van der Waals surface area contributed by atoms with Gasteiger partial charge in [-0.25, -0.2) is 0 Å². The first kappa shape index (κ1) is 14.0. The van der Waals surface area contributed by atoms with Gasteiger partial charge in [0.15, 0.2) is 0 Å². The Balaban J connectivity index is 3.19. The summed E-state index contributed by atoms with van der Waals surface area (Å²) >= 11 is 0. The second kappa shape index (κ2) is 5.05. The monoisotopic (exact) mass is 228 g/mol. The molecule has 1 saturated heterocycles.